The number of hydrogen-bond acceptors (Lipinski definition) is 8. The van der Waals surface area contributed by atoms with Gasteiger partial charge in [0.2, 0.25) is 11.8 Å². The first-order chi connectivity index (χ1) is 19.7. The van der Waals surface area contributed by atoms with Gasteiger partial charge in [-0.1, -0.05) is 25.0 Å². The van der Waals surface area contributed by atoms with E-state index in [4.69, 9.17) is 4.74 Å². The Labute approximate surface area is 248 Å². The molecule has 13 nitrogen and oxygen atoms in total. The van der Waals surface area contributed by atoms with Crippen LogP contribution in [0.2, 0.25) is 0 Å². The molecule has 0 aromatic heterocycles. The fraction of sp³-hybridized carbons (Fsp3) is 0.786. The molecule has 236 valence electrons. The molecule has 3 aliphatic heterocycles. The molecule has 2 saturated heterocycles. The molecule has 4 atom stereocenters. The Kier molecular flexibility index (Phi) is 9.88. The quantitative estimate of drug-likeness (QED) is 0.396. The number of amides is 4. The van der Waals surface area contributed by atoms with Gasteiger partial charge in [0.25, 0.3) is 5.91 Å². The van der Waals surface area contributed by atoms with E-state index in [9.17, 15) is 27.6 Å². The maximum absolute atomic E-state index is 13.7. The Morgan fingerprint density at radius 1 is 1.02 bits per heavy atom. The number of carbonyl (C=O) groups is 4. The summed E-state index contributed by atoms with van der Waals surface area (Å²) in [4.78, 5) is 57.0. The van der Waals surface area contributed by atoms with Crippen molar-refractivity contribution in [3.05, 3.63) is 12.2 Å². The molecular weight excluding hydrogens is 564 g/mol. The lowest BCUT2D eigenvalue weighted by Crippen LogP contribution is -2.60. The van der Waals surface area contributed by atoms with E-state index < -0.39 is 51.3 Å². The SMILES string of the molecule is CN1CCN(S(=O)(=O)NC(=O)[C@@]23C[C@H]2/C=C\CCCCC[C@H](NC(=O)OC(C)(C)C)C(=O)N2CCC[C@H]2C(=O)N3)CC1. The van der Waals surface area contributed by atoms with Crippen LogP contribution >= 0.6 is 0 Å². The maximum Gasteiger partial charge on any atom is 0.408 e. The Balaban J connectivity index is 1.52. The minimum atomic E-state index is -4.09. The van der Waals surface area contributed by atoms with E-state index in [1.54, 1.807) is 20.8 Å². The standard InChI is InChI=1S/C28H46N6O7S/c1-27(2,3)41-26(38)29-21-12-9-7-5-6-8-11-20-19-28(20,30-23(35)22-13-10-14-34(22)24(21)36)25(37)31-42(39,40)33-17-15-32(4)16-18-33/h8,11,20-22H,5-7,9-10,12-19H2,1-4H3,(H,29,38)(H,30,35)(H,31,37)/b11-8-/t20-,21+,22+,28-/m1/s1. The van der Waals surface area contributed by atoms with Crippen LogP contribution in [0.4, 0.5) is 4.79 Å². The number of hydrogen-bond donors (Lipinski definition) is 3. The molecule has 0 aromatic rings. The van der Waals surface area contributed by atoms with Crippen molar-refractivity contribution in [2.45, 2.75) is 95.4 Å². The summed E-state index contributed by atoms with van der Waals surface area (Å²) >= 11 is 0. The fourth-order valence-corrected chi connectivity index (χ4v) is 7.03. The second-order valence-electron chi connectivity index (χ2n) is 12.9. The van der Waals surface area contributed by atoms with Crippen LogP contribution in [-0.2, 0) is 29.3 Å². The van der Waals surface area contributed by atoms with Crippen LogP contribution in [0.15, 0.2) is 12.2 Å². The topological polar surface area (TPSA) is 157 Å². The van der Waals surface area contributed by atoms with Gasteiger partial charge in [-0.2, -0.15) is 12.7 Å². The summed E-state index contributed by atoms with van der Waals surface area (Å²) < 4.78 is 35.0. The van der Waals surface area contributed by atoms with Gasteiger partial charge in [-0.25, -0.2) is 9.52 Å². The molecule has 14 heteroatoms. The molecule has 0 unspecified atom stereocenters. The van der Waals surface area contributed by atoms with E-state index in [-0.39, 0.29) is 31.3 Å². The van der Waals surface area contributed by atoms with Crippen molar-refractivity contribution in [2.75, 3.05) is 39.8 Å². The first-order valence-electron chi connectivity index (χ1n) is 15.0. The number of nitrogens with one attached hydrogen (secondary N) is 3. The number of fused-ring (bicyclic) bond motifs is 2. The zero-order chi connectivity index (χ0) is 30.7. The lowest BCUT2D eigenvalue weighted by atomic mass is 10.0. The summed E-state index contributed by atoms with van der Waals surface area (Å²) in [7, 11) is -2.19. The van der Waals surface area contributed by atoms with Gasteiger partial charge >= 0.3 is 16.3 Å². The van der Waals surface area contributed by atoms with Crippen LogP contribution in [0.5, 0.6) is 0 Å². The van der Waals surface area contributed by atoms with Gasteiger partial charge in [-0.15, -0.1) is 0 Å². The summed E-state index contributed by atoms with van der Waals surface area (Å²) in [6.45, 7) is 7.20. The number of nitrogens with zero attached hydrogens (tertiary/aromatic N) is 3. The second-order valence-corrected chi connectivity index (χ2v) is 14.5. The Bertz CT molecular complexity index is 1180. The van der Waals surface area contributed by atoms with Crippen LogP contribution in [-0.4, -0.2) is 109 Å². The average molecular weight is 611 g/mol. The van der Waals surface area contributed by atoms with E-state index in [1.165, 1.54) is 9.21 Å². The van der Waals surface area contributed by atoms with Gasteiger partial charge in [0.1, 0.15) is 23.2 Å². The van der Waals surface area contributed by atoms with Crippen molar-refractivity contribution in [2.24, 2.45) is 5.92 Å². The first-order valence-corrected chi connectivity index (χ1v) is 16.5. The minimum absolute atomic E-state index is 0.263. The van der Waals surface area contributed by atoms with Crippen LogP contribution in [0.25, 0.3) is 0 Å². The molecule has 0 aromatic carbocycles. The zero-order valence-corrected chi connectivity index (χ0v) is 26.0. The van der Waals surface area contributed by atoms with E-state index >= 15 is 0 Å². The van der Waals surface area contributed by atoms with Gasteiger partial charge in [0.05, 0.1) is 0 Å². The molecule has 0 spiro atoms. The molecular formula is C28H46N6O7S. The summed E-state index contributed by atoms with van der Waals surface area (Å²) in [5.74, 6) is -2.00. The molecule has 4 rings (SSSR count). The van der Waals surface area contributed by atoms with Crippen molar-refractivity contribution >= 4 is 34.0 Å². The smallest absolute Gasteiger partial charge is 0.408 e. The number of alkyl carbamates (subject to hydrolysis) is 1. The normalized spacial score (nSPS) is 31.0. The minimum Gasteiger partial charge on any atom is -0.444 e. The third-order valence-electron chi connectivity index (χ3n) is 8.35. The Morgan fingerprint density at radius 3 is 2.43 bits per heavy atom. The van der Waals surface area contributed by atoms with Crippen molar-refractivity contribution in [1.82, 2.24) is 29.5 Å². The summed E-state index contributed by atoms with van der Waals surface area (Å²) in [5, 5.41) is 5.56. The van der Waals surface area contributed by atoms with E-state index in [2.05, 4.69) is 15.4 Å². The van der Waals surface area contributed by atoms with E-state index in [1.807, 2.05) is 24.1 Å². The lowest BCUT2D eigenvalue weighted by molar-refractivity contribution is -0.141. The Hall–Kier alpha value is -2.71. The molecule has 4 amide bonds. The second kappa shape index (κ2) is 12.9. The molecule has 3 N–H and O–H groups in total. The van der Waals surface area contributed by atoms with Crippen molar-refractivity contribution < 1.29 is 32.3 Å². The van der Waals surface area contributed by atoms with Gasteiger partial charge < -0.3 is 25.2 Å². The van der Waals surface area contributed by atoms with Crippen LogP contribution < -0.4 is 15.4 Å². The number of rotatable bonds is 4. The molecule has 42 heavy (non-hydrogen) atoms. The fourth-order valence-electron chi connectivity index (χ4n) is 5.84. The highest BCUT2D eigenvalue weighted by molar-refractivity contribution is 7.87. The molecule has 0 radical (unpaired) electrons. The maximum atomic E-state index is 13.7. The van der Waals surface area contributed by atoms with Crippen molar-refractivity contribution in [1.29, 1.82) is 0 Å². The lowest BCUT2D eigenvalue weighted by Gasteiger charge is -2.32. The summed E-state index contributed by atoms with van der Waals surface area (Å²) in [6, 6.07) is -1.69. The van der Waals surface area contributed by atoms with Crippen LogP contribution in [0, 0.1) is 5.92 Å². The molecule has 3 heterocycles. The number of ether oxygens (including phenoxy) is 1. The average Bonchev–Trinajstić information content (AvgIpc) is 3.35. The van der Waals surface area contributed by atoms with E-state index in [0.29, 0.717) is 45.3 Å². The molecule has 3 fully saturated rings. The highest BCUT2D eigenvalue weighted by Crippen LogP contribution is 2.45. The van der Waals surface area contributed by atoms with Crippen LogP contribution in [0.3, 0.4) is 0 Å². The van der Waals surface area contributed by atoms with Crippen LogP contribution in [0.1, 0.15) is 72.1 Å². The van der Waals surface area contributed by atoms with Crippen molar-refractivity contribution in [3.63, 3.8) is 0 Å². The van der Waals surface area contributed by atoms with Gasteiger partial charge in [-0.3, -0.25) is 14.4 Å². The predicted molar refractivity (Wildman–Crippen MR) is 155 cm³/mol. The predicted octanol–water partition coefficient (Wildman–Crippen LogP) is 0.874. The summed E-state index contributed by atoms with van der Waals surface area (Å²) in [6.07, 6.45) is 7.90. The van der Waals surface area contributed by atoms with E-state index in [0.717, 1.165) is 19.3 Å². The zero-order valence-electron chi connectivity index (χ0n) is 25.2. The van der Waals surface area contributed by atoms with Crippen molar-refractivity contribution in [3.8, 4) is 0 Å². The van der Waals surface area contributed by atoms with Gasteiger partial charge in [-0.05, 0) is 66.3 Å². The number of allylic oxidation sites excluding steroid dienone is 1. The van der Waals surface area contributed by atoms with Gasteiger partial charge in [0, 0.05) is 38.6 Å². The summed E-state index contributed by atoms with van der Waals surface area (Å²) in [5.41, 5.74) is -2.15. The molecule has 0 bridgehead atoms. The largest absolute Gasteiger partial charge is 0.444 e. The highest BCUT2D eigenvalue weighted by atomic mass is 32.2. The van der Waals surface area contributed by atoms with Gasteiger partial charge in [0.15, 0.2) is 0 Å². The molecule has 1 aliphatic carbocycles. The number of likely N-dealkylation sites (N-methyl/N-ethyl adjacent to an activating group) is 1. The first kappa shape index (κ1) is 32.2. The number of piperazine rings is 1. The monoisotopic (exact) mass is 610 g/mol. The number of carbonyl (C=O) groups excluding carboxylic acids is 4. The Morgan fingerprint density at radius 2 is 1.74 bits per heavy atom. The molecule has 4 aliphatic rings. The third kappa shape index (κ3) is 7.81. The molecule has 1 saturated carbocycles. The highest BCUT2D eigenvalue weighted by Gasteiger charge is 2.61. The third-order valence-corrected chi connectivity index (χ3v) is 9.84.